The molecule has 31 heavy (non-hydrogen) atoms. The monoisotopic (exact) mass is 452 g/mol. The first-order valence-electron chi connectivity index (χ1n) is 13.7. The van der Waals surface area contributed by atoms with Gasteiger partial charge in [-0.25, -0.2) is 4.79 Å². The van der Waals surface area contributed by atoms with E-state index in [4.69, 9.17) is 4.43 Å². The molecular formula is C28H56O2Si. The van der Waals surface area contributed by atoms with E-state index in [9.17, 15) is 4.79 Å². The first kappa shape index (κ1) is 30.4. The number of unbranched alkanes of at least 4 members (excludes halogenated alkanes) is 15. The predicted octanol–water partition coefficient (Wildman–Crippen LogP) is 10.1. The van der Waals surface area contributed by atoms with Crippen molar-refractivity contribution < 1.29 is 9.22 Å². The van der Waals surface area contributed by atoms with Crippen molar-refractivity contribution in [1.29, 1.82) is 0 Å². The van der Waals surface area contributed by atoms with Gasteiger partial charge in [-0.15, -0.1) is 0 Å². The molecule has 0 saturated heterocycles. The Morgan fingerprint density at radius 2 is 1.00 bits per heavy atom. The quantitative estimate of drug-likeness (QED) is 0.0983. The Morgan fingerprint density at radius 3 is 1.29 bits per heavy atom. The van der Waals surface area contributed by atoms with E-state index in [1.54, 1.807) is 6.92 Å². The Kier molecular flexibility index (Phi) is 18.6. The summed E-state index contributed by atoms with van der Waals surface area (Å²) in [6.07, 6.45) is 22.2. The van der Waals surface area contributed by atoms with E-state index in [-0.39, 0.29) is 5.97 Å². The van der Waals surface area contributed by atoms with Gasteiger partial charge in [0.25, 0.3) is 8.32 Å². The van der Waals surface area contributed by atoms with E-state index in [1.165, 1.54) is 103 Å². The fourth-order valence-electron chi connectivity index (χ4n) is 4.74. The summed E-state index contributed by atoms with van der Waals surface area (Å²) in [5.41, 5.74) is 1.43. The molecule has 0 amide bonds. The van der Waals surface area contributed by atoms with Crippen LogP contribution in [0.3, 0.4) is 0 Å². The van der Waals surface area contributed by atoms with E-state index in [0.717, 1.165) is 6.04 Å². The number of carbonyl (C=O) groups excluding carboxylic acids is 1. The summed E-state index contributed by atoms with van der Waals surface area (Å²) >= 11 is 0. The van der Waals surface area contributed by atoms with Crippen LogP contribution in [-0.4, -0.2) is 14.3 Å². The van der Waals surface area contributed by atoms with Gasteiger partial charge < -0.3 is 4.43 Å². The molecular weight excluding hydrogens is 396 g/mol. The number of hydrogen-bond acceptors (Lipinski definition) is 2. The van der Waals surface area contributed by atoms with Crippen molar-refractivity contribution in [3.05, 3.63) is 12.2 Å². The van der Waals surface area contributed by atoms with Gasteiger partial charge in [0.05, 0.1) is 0 Å². The predicted molar refractivity (Wildman–Crippen MR) is 141 cm³/mol. The lowest BCUT2D eigenvalue weighted by Crippen LogP contribution is -2.46. The van der Waals surface area contributed by atoms with Crippen molar-refractivity contribution >= 4 is 14.3 Å². The molecule has 0 unspecified atom stereocenters. The molecule has 0 bridgehead atoms. The van der Waals surface area contributed by atoms with Gasteiger partial charge in [-0.2, -0.15) is 0 Å². The zero-order valence-corrected chi connectivity index (χ0v) is 23.2. The Morgan fingerprint density at radius 1 is 0.677 bits per heavy atom. The van der Waals surface area contributed by atoms with Crippen LogP contribution in [0.1, 0.15) is 144 Å². The molecule has 0 heterocycles. The molecule has 0 aromatic carbocycles. The molecule has 3 heteroatoms. The van der Waals surface area contributed by atoms with E-state index >= 15 is 0 Å². The van der Waals surface area contributed by atoms with Crippen LogP contribution in [0.5, 0.6) is 0 Å². The van der Waals surface area contributed by atoms with Crippen LogP contribution in [-0.2, 0) is 9.22 Å². The van der Waals surface area contributed by atoms with Crippen LogP contribution in [0.25, 0.3) is 0 Å². The van der Waals surface area contributed by atoms with E-state index in [2.05, 4.69) is 41.2 Å². The van der Waals surface area contributed by atoms with Crippen LogP contribution in [0.4, 0.5) is 0 Å². The molecule has 0 radical (unpaired) electrons. The smallest absolute Gasteiger partial charge is 0.319 e. The summed E-state index contributed by atoms with van der Waals surface area (Å²) in [5, 5.41) is 0. The molecule has 0 aliphatic carbocycles. The molecule has 0 spiro atoms. The van der Waals surface area contributed by atoms with Gasteiger partial charge >= 0.3 is 5.97 Å². The van der Waals surface area contributed by atoms with Gasteiger partial charge in [0.2, 0.25) is 0 Å². The Balaban J connectivity index is 3.82. The fraction of sp³-hybridized carbons (Fsp3) is 0.893. The van der Waals surface area contributed by atoms with Crippen molar-refractivity contribution in [2.45, 2.75) is 161 Å². The second kappa shape index (κ2) is 18.9. The first-order valence-corrected chi connectivity index (χ1v) is 15.9. The zero-order chi connectivity index (χ0) is 23.5. The van der Waals surface area contributed by atoms with Gasteiger partial charge in [0.1, 0.15) is 0 Å². The summed E-state index contributed by atoms with van der Waals surface area (Å²) in [5.74, 6) is -0.175. The Hall–Kier alpha value is -0.573. The van der Waals surface area contributed by atoms with E-state index in [0.29, 0.717) is 16.7 Å². The third-order valence-corrected chi connectivity index (χ3v) is 12.6. The van der Waals surface area contributed by atoms with Crippen molar-refractivity contribution in [1.82, 2.24) is 0 Å². The molecule has 0 fully saturated rings. The lowest BCUT2D eigenvalue weighted by atomic mass is 10.0. The van der Waals surface area contributed by atoms with Gasteiger partial charge in [-0.1, -0.05) is 144 Å². The highest BCUT2D eigenvalue weighted by molar-refractivity contribution is 6.77. The average molecular weight is 453 g/mol. The van der Waals surface area contributed by atoms with E-state index in [1.807, 2.05) is 0 Å². The number of hydrogen-bond donors (Lipinski definition) is 0. The summed E-state index contributed by atoms with van der Waals surface area (Å²) in [4.78, 5) is 12.3. The van der Waals surface area contributed by atoms with Gasteiger partial charge in [0, 0.05) is 5.57 Å². The van der Waals surface area contributed by atoms with Crippen molar-refractivity contribution in [2.24, 2.45) is 0 Å². The van der Waals surface area contributed by atoms with E-state index < -0.39 is 8.32 Å². The van der Waals surface area contributed by atoms with Crippen LogP contribution >= 0.6 is 0 Å². The Labute approximate surface area is 197 Å². The molecule has 2 nitrogen and oxygen atoms in total. The number of rotatable bonds is 21. The zero-order valence-electron chi connectivity index (χ0n) is 22.2. The van der Waals surface area contributed by atoms with Gasteiger partial charge in [-0.05, 0) is 24.1 Å². The second-order valence-electron chi connectivity index (χ2n) is 10.5. The maximum Gasteiger partial charge on any atom is 0.319 e. The van der Waals surface area contributed by atoms with Crippen LogP contribution in [0.2, 0.25) is 17.1 Å². The summed E-state index contributed by atoms with van der Waals surface area (Å²) in [7, 11) is -2.09. The average Bonchev–Trinajstić information content (AvgIpc) is 2.71. The summed E-state index contributed by atoms with van der Waals surface area (Å²) in [6, 6.07) is 1.10. The molecule has 0 N–H and O–H groups in total. The Bertz CT molecular complexity index is 448. The normalized spacial score (nSPS) is 12.0. The number of carbonyl (C=O) groups is 1. The first-order chi connectivity index (χ1) is 14.8. The van der Waals surface area contributed by atoms with Crippen LogP contribution in [0, 0.1) is 0 Å². The molecule has 0 atom stereocenters. The lowest BCUT2D eigenvalue weighted by molar-refractivity contribution is -0.131. The fourth-order valence-corrected chi connectivity index (χ4v) is 9.12. The van der Waals surface area contributed by atoms with Crippen molar-refractivity contribution in [3.8, 4) is 0 Å². The minimum Gasteiger partial charge on any atom is -0.515 e. The molecule has 0 aliphatic rings. The molecule has 0 rings (SSSR count). The topological polar surface area (TPSA) is 26.3 Å². The maximum atomic E-state index is 12.3. The van der Waals surface area contributed by atoms with Crippen molar-refractivity contribution in [3.63, 3.8) is 0 Å². The maximum absolute atomic E-state index is 12.3. The highest BCUT2D eigenvalue weighted by Gasteiger charge is 2.44. The summed E-state index contributed by atoms with van der Waals surface area (Å²) in [6.45, 7) is 16.8. The highest BCUT2D eigenvalue weighted by atomic mass is 28.4. The van der Waals surface area contributed by atoms with Crippen LogP contribution in [0.15, 0.2) is 12.2 Å². The summed E-state index contributed by atoms with van der Waals surface area (Å²) < 4.78 is 6.15. The largest absolute Gasteiger partial charge is 0.515 e. The molecule has 0 aromatic rings. The van der Waals surface area contributed by atoms with Crippen LogP contribution < -0.4 is 0 Å². The van der Waals surface area contributed by atoms with Gasteiger partial charge in [-0.3, -0.25) is 0 Å². The molecule has 0 saturated carbocycles. The minimum absolute atomic E-state index is 0.175. The second-order valence-corrected chi connectivity index (χ2v) is 15.4. The third-order valence-electron chi connectivity index (χ3n) is 7.01. The highest BCUT2D eigenvalue weighted by Crippen LogP contribution is 2.39. The van der Waals surface area contributed by atoms with Crippen molar-refractivity contribution in [2.75, 3.05) is 0 Å². The molecule has 184 valence electrons. The lowest BCUT2D eigenvalue weighted by Gasteiger charge is -2.38. The molecule has 0 aliphatic heterocycles. The standard InChI is InChI=1S/C28H56O2Si/c1-8-9-10-11-12-13-14-15-16-17-18-19-20-21-22-23-24-31(26(4)5,27(6)7)30-28(29)25(2)3/h26-27H,2,8-24H2,1,3-7H3. The third kappa shape index (κ3) is 14.2. The SMILES string of the molecule is C=C(C)C(=O)O[Si](CCCCCCCCCCCCCCCCCC)(C(C)C)C(C)C. The van der Waals surface area contributed by atoms with Gasteiger partial charge in [0.15, 0.2) is 0 Å². The molecule has 0 aromatic heterocycles. The minimum atomic E-state index is -2.09.